The molecule has 18 heavy (non-hydrogen) atoms. The molecule has 1 amide bonds. The van der Waals surface area contributed by atoms with Crippen molar-refractivity contribution < 1.29 is 14.3 Å². The fourth-order valence-corrected chi connectivity index (χ4v) is 3.09. The lowest BCUT2D eigenvalue weighted by atomic mass is 10.4. The van der Waals surface area contributed by atoms with Crippen LogP contribution in [-0.2, 0) is 20.1 Å². The Bertz CT molecular complexity index is 379. The smallest absolute Gasteiger partial charge is 0.325 e. The van der Waals surface area contributed by atoms with E-state index in [0.717, 1.165) is 5.75 Å². The van der Waals surface area contributed by atoms with Crippen LogP contribution in [0.1, 0.15) is 11.8 Å². The molecule has 0 aliphatic carbocycles. The fraction of sp³-hybridized carbons (Fsp3) is 0.500. The minimum absolute atomic E-state index is 0.0237. The molecular formula is C12H17NO3S2. The van der Waals surface area contributed by atoms with Gasteiger partial charge in [-0.05, 0) is 18.4 Å². The van der Waals surface area contributed by atoms with E-state index in [1.54, 1.807) is 23.1 Å². The summed E-state index contributed by atoms with van der Waals surface area (Å²) in [6.45, 7) is 2.41. The standard InChI is InChI=1S/C12H17NO3S2/c1-3-13(7-12(15)16-2)11(14)9-17-8-10-5-4-6-18-10/h4-6H,3,7-9H2,1-2H3. The highest BCUT2D eigenvalue weighted by atomic mass is 32.2. The Hall–Kier alpha value is -1.01. The number of thiophene rings is 1. The zero-order chi connectivity index (χ0) is 13.4. The second-order valence-corrected chi connectivity index (χ2v) is 5.57. The normalized spacial score (nSPS) is 10.1. The van der Waals surface area contributed by atoms with Crippen LogP contribution in [0, 0.1) is 0 Å². The topological polar surface area (TPSA) is 46.6 Å². The molecule has 1 aromatic heterocycles. The number of nitrogens with zero attached hydrogens (tertiary/aromatic N) is 1. The first-order valence-electron chi connectivity index (χ1n) is 5.62. The van der Waals surface area contributed by atoms with Gasteiger partial charge in [-0.3, -0.25) is 9.59 Å². The average molecular weight is 287 g/mol. The van der Waals surface area contributed by atoms with Crippen LogP contribution in [0.2, 0.25) is 0 Å². The van der Waals surface area contributed by atoms with Crippen molar-refractivity contribution in [3.63, 3.8) is 0 Å². The Labute approximate surface area is 115 Å². The number of carbonyl (C=O) groups is 2. The Kier molecular flexibility index (Phi) is 6.82. The molecule has 0 aliphatic heterocycles. The summed E-state index contributed by atoms with van der Waals surface area (Å²) < 4.78 is 4.56. The molecule has 0 saturated carbocycles. The average Bonchev–Trinajstić information content (AvgIpc) is 2.88. The number of hydrogen-bond donors (Lipinski definition) is 0. The van der Waals surface area contributed by atoms with Gasteiger partial charge in [-0.25, -0.2) is 0 Å². The number of esters is 1. The van der Waals surface area contributed by atoms with Crippen molar-refractivity contribution >= 4 is 35.0 Å². The molecule has 0 aliphatic rings. The summed E-state index contributed by atoms with van der Waals surface area (Å²) in [4.78, 5) is 25.7. The summed E-state index contributed by atoms with van der Waals surface area (Å²) >= 11 is 3.25. The number of hydrogen-bond acceptors (Lipinski definition) is 5. The molecule has 0 fully saturated rings. The Balaban J connectivity index is 2.31. The maximum atomic E-state index is 11.9. The predicted molar refractivity (Wildman–Crippen MR) is 74.8 cm³/mol. The van der Waals surface area contributed by atoms with Gasteiger partial charge in [0.1, 0.15) is 6.54 Å². The van der Waals surface area contributed by atoms with Gasteiger partial charge >= 0.3 is 5.97 Å². The van der Waals surface area contributed by atoms with E-state index >= 15 is 0 Å². The number of thioether (sulfide) groups is 1. The molecule has 0 spiro atoms. The van der Waals surface area contributed by atoms with Gasteiger partial charge in [0.25, 0.3) is 0 Å². The largest absolute Gasteiger partial charge is 0.468 e. The second-order valence-electron chi connectivity index (χ2n) is 3.56. The highest BCUT2D eigenvalue weighted by Gasteiger charge is 2.15. The highest BCUT2D eigenvalue weighted by molar-refractivity contribution is 7.99. The second kappa shape index (κ2) is 8.16. The SMILES string of the molecule is CCN(CC(=O)OC)C(=O)CSCc1cccs1. The zero-order valence-corrected chi connectivity index (χ0v) is 12.2. The third-order valence-electron chi connectivity index (χ3n) is 2.33. The van der Waals surface area contributed by atoms with Crippen LogP contribution < -0.4 is 0 Å². The van der Waals surface area contributed by atoms with Crippen LogP contribution in [0.5, 0.6) is 0 Å². The molecule has 100 valence electrons. The van der Waals surface area contributed by atoms with Crippen LogP contribution in [0.15, 0.2) is 17.5 Å². The van der Waals surface area contributed by atoms with Crippen LogP contribution in [0.25, 0.3) is 0 Å². The van der Waals surface area contributed by atoms with E-state index in [4.69, 9.17) is 0 Å². The van der Waals surface area contributed by atoms with E-state index < -0.39 is 0 Å². The molecule has 0 aromatic carbocycles. The number of ether oxygens (including phenoxy) is 1. The molecule has 0 atom stereocenters. The lowest BCUT2D eigenvalue weighted by Gasteiger charge is -2.18. The number of amides is 1. The fourth-order valence-electron chi connectivity index (χ4n) is 1.32. The summed E-state index contributed by atoms with van der Waals surface area (Å²) in [5, 5.41) is 2.02. The van der Waals surface area contributed by atoms with Gasteiger partial charge in [-0.1, -0.05) is 6.07 Å². The molecular weight excluding hydrogens is 270 g/mol. The van der Waals surface area contributed by atoms with Gasteiger partial charge in [0.2, 0.25) is 5.91 Å². The predicted octanol–water partition coefficient (Wildman–Crippen LogP) is 2.00. The van der Waals surface area contributed by atoms with E-state index in [2.05, 4.69) is 4.74 Å². The number of rotatable bonds is 7. The van der Waals surface area contributed by atoms with Crippen LogP contribution in [0.4, 0.5) is 0 Å². The number of likely N-dealkylation sites (N-methyl/N-ethyl adjacent to an activating group) is 1. The first-order valence-corrected chi connectivity index (χ1v) is 7.65. The monoisotopic (exact) mass is 287 g/mol. The summed E-state index contributed by atoms with van der Waals surface area (Å²) in [5.74, 6) is 0.819. The van der Waals surface area contributed by atoms with E-state index in [-0.39, 0.29) is 18.4 Å². The zero-order valence-electron chi connectivity index (χ0n) is 10.5. The van der Waals surface area contributed by atoms with Crippen molar-refractivity contribution in [2.45, 2.75) is 12.7 Å². The Morgan fingerprint density at radius 2 is 2.28 bits per heavy atom. The van der Waals surface area contributed by atoms with Crippen molar-refractivity contribution in [3.8, 4) is 0 Å². The molecule has 1 heterocycles. The Morgan fingerprint density at radius 1 is 1.50 bits per heavy atom. The quantitative estimate of drug-likeness (QED) is 0.720. The summed E-state index contributed by atoms with van der Waals surface area (Å²) in [5.41, 5.74) is 0. The summed E-state index contributed by atoms with van der Waals surface area (Å²) in [6, 6.07) is 4.05. The maximum absolute atomic E-state index is 11.9. The van der Waals surface area contributed by atoms with Crippen molar-refractivity contribution in [1.82, 2.24) is 4.90 Å². The molecule has 0 bridgehead atoms. The molecule has 0 N–H and O–H groups in total. The van der Waals surface area contributed by atoms with Crippen LogP contribution in [-0.4, -0.2) is 42.7 Å². The van der Waals surface area contributed by atoms with Gasteiger partial charge in [0, 0.05) is 17.2 Å². The molecule has 6 heteroatoms. The molecule has 4 nitrogen and oxygen atoms in total. The van der Waals surface area contributed by atoms with Crippen molar-refractivity contribution in [2.24, 2.45) is 0 Å². The summed E-state index contributed by atoms with van der Waals surface area (Å²) in [6.07, 6.45) is 0. The molecule has 0 saturated heterocycles. The molecule has 1 aromatic rings. The summed E-state index contributed by atoms with van der Waals surface area (Å²) in [7, 11) is 1.33. The van der Waals surface area contributed by atoms with Crippen LogP contribution >= 0.6 is 23.1 Å². The number of methoxy groups -OCH3 is 1. The van der Waals surface area contributed by atoms with Crippen LogP contribution in [0.3, 0.4) is 0 Å². The molecule has 0 radical (unpaired) electrons. The van der Waals surface area contributed by atoms with E-state index in [0.29, 0.717) is 12.3 Å². The van der Waals surface area contributed by atoms with Gasteiger partial charge < -0.3 is 9.64 Å². The first-order chi connectivity index (χ1) is 8.67. The maximum Gasteiger partial charge on any atom is 0.325 e. The first kappa shape index (κ1) is 15.0. The van der Waals surface area contributed by atoms with Gasteiger partial charge in [0.05, 0.1) is 12.9 Å². The van der Waals surface area contributed by atoms with Crippen molar-refractivity contribution in [3.05, 3.63) is 22.4 Å². The minimum atomic E-state index is -0.381. The lowest BCUT2D eigenvalue weighted by Crippen LogP contribution is -2.37. The highest BCUT2D eigenvalue weighted by Crippen LogP contribution is 2.17. The third kappa shape index (κ3) is 5.10. The third-order valence-corrected chi connectivity index (χ3v) is 4.36. The molecule has 0 unspecified atom stereocenters. The van der Waals surface area contributed by atoms with Gasteiger partial charge in [0.15, 0.2) is 0 Å². The van der Waals surface area contributed by atoms with E-state index in [9.17, 15) is 9.59 Å². The Morgan fingerprint density at radius 3 is 2.83 bits per heavy atom. The minimum Gasteiger partial charge on any atom is -0.468 e. The van der Waals surface area contributed by atoms with Crippen molar-refractivity contribution in [2.75, 3.05) is 26.0 Å². The van der Waals surface area contributed by atoms with E-state index in [1.807, 2.05) is 24.4 Å². The molecule has 1 rings (SSSR count). The van der Waals surface area contributed by atoms with Gasteiger partial charge in [-0.15, -0.1) is 23.1 Å². The van der Waals surface area contributed by atoms with E-state index in [1.165, 1.54) is 16.9 Å². The number of carbonyl (C=O) groups excluding carboxylic acids is 2. The van der Waals surface area contributed by atoms with Gasteiger partial charge in [-0.2, -0.15) is 0 Å². The van der Waals surface area contributed by atoms with Crippen molar-refractivity contribution in [1.29, 1.82) is 0 Å². The lowest BCUT2D eigenvalue weighted by molar-refractivity contribution is -0.146.